The molecule has 0 bridgehead atoms. The zero-order valence-corrected chi connectivity index (χ0v) is 20.5. The number of carboxylic acid groups (broad SMARTS) is 1. The molecule has 1 spiro atoms. The summed E-state index contributed by atoms with van der Waals surface area (Å²) in [6.45, 7) is 1.74. The molecule has 1 unspecified atom stereocenters. The first-order valence-corrected chi connectivity index (χ1v) is 12.4. The molecule has 5 rings (SSSR count). The summed E-state index contributed by atoms with van der Waals surface area (Å²) in [6.07, 6.45) is -5.01. The number of anilines is 2. The van der Waals surface area contributed by atoms with Gasteiger partial charge >= 0.3 is 12.1 Å². The highest BCUT2D eigenvalue weighted by molar-refractivity contribution is 5.74. The second kappa shape index (κ2) is 10.1. The number of aromatic nitrogens is 2. The molecule has 3 aromatic rings. The fourth-order valence-electron chi connectivity index (χ4n) is 5.37. The molecular formula is C27H28F3N5O3. The molecule has 2 aliphatic heterocycles. The number of aliphatic carboxylic acids is 1. The normalized spacial score (nSPS) is 19.9. The molecule has 8 nitrogen and oxygen atoms in total. The molecule has 2 saturated heterocycles. The summed E-state index contributed by atoms with van der Waals surface area (Å²) in [5, 5.41) is 12.4. The van der Waals surface area contributed by atoms with Crippen LogP contribution in [0.15, 0.2) is 60.7 Å². The number of carboxylic acids is 1. The number of piperidine rings is 1. The fourth-order valence-corrected chi connectivity index (χ4v) is 5.37. The van der Waals surface area contributed by atoms with E-state index in [1.54, 1.807) is 48.5 Å². The molecule has 0 aliphatic carbocycles. The van der Waals surface area contributed by atoms with E-state index >= 15 is 0 Å². The summed E-state index contributed by atoms with van der Waals surface area (Å²) >= 11 is 0. The third-order valence-electron chi connectivity index (χ3n) is 7.38. The van der Waals surface area contributed by atoms with Gasteiger partial charge in [0.2, 0.25) is 17.9 Å². The molecule has 11 heteroatoms. The predicted octanol–water partition coefficient (Wildman–Crippen LogP) is 4.44. The highest BCUT2D eigenvalue weighted by atomic mass is 19.4. The van der Waals surface area contributed by atoms with Gasteiger partial charge in [-0.1, -0.05) is 54.6 Å². The standard InChI is InChI=1S/C27H28F3N5O3/c28-27(29,30)23(19-9-5-4-8-18(19)17-6-2-1-3-7-17)38-22-14-21(33-25(31)34-22)35-12-10-26(11-13-35)15-20(24(36)37)32-16-26/h1-9,14,20,23,32H,10-13,15-16H2,(H,36,37)(H2,31,33,34)/t20?,23-/m1/s1. The van der Waals surface area contributed by atoms with E-state index in [4.69, 9.17) is 10.5 Å². The maximum Gasteiger partial charge on any atom is 0.429 e. The van der Waals surface area contributed by atoms with Crippen molar-refractivity contribution in [3.63, 3.8) is 0 Å². The minimum absolute atomic E-state index is 0.0356. The van der Waals surface area contributed by atoms with Crippen molar-refractivity contribution in [3.8, 4) is 17.0 Å². The number of nitrogen functional groups attached to an aromatic ring is 1. The van der Waals surface area contributed by atoms with E-state index in [0.29, 0.717) is 43.0 Å². The van der Waals surface area contributed by atoms with Crippen molar-refractivity contribution in [1.82, 2.24) is 15.3 Å². The van der Waals surface area contributed by atoms with Crippen molar-refractivity contribution >= 4 is 17.7 Å². The number of nitrogens with zero attached hydrogens (tertiary/aromatic N) is 3. The number of benzene rings is 2. The van der Waals surface area contributed by atoms with Crippen molar-refractivity contribution in [2.75, 3.05) is 30.3 Å². The number of alkyl halides is 3. The van der Waals surface area contributed by atoms with Gasteiger partial charge in [0.05, 0.1) is 0 Å². The molecule has 2 aromatic carbocycles. The van der Waals surface area contributed by atoms with Crippen LogP contribution >= 0.6 is 0 Å². The first kappa shape index (κ1) is 25.8. The Labute approximate surface area is 217 Å². The van der Waals surface area contributed by atoms with Crippen molar-refractivity contribution < 1.29 is 27.8 Å². The SMILES string of the molecule is Nc1nc(O[C@H](c2ccccc2-c2ccccc2)C(F)(F)F)cc(N2CCC3(CC2)CNC(C(=O)O)C3)n1. The molecule has 0 radical (unpaired) electrons. The van der Waals surface area contributed by atoms with Crippen molar-refractivity contribution in [1.29, 1.82) is 0 Å². The lowest BCUT2D eigenvalue weighted by molar-refractivity contribution is -0.198. The molecule has 3 heterocycles. The molecule has 2 fully saturated rings. The Balaban J connectivity index is 1.38. The zero-order chi connectivity index (χ0) is 26.9. The lowest BCUT2D eigenvalue weighted by atomic mass is 9.76. The van der Waals surface area contributed by atoms with E-state index in [9.17, 15) is 23.1 Å². The Hall–Kier alpha value is -3.86. The number of hydrogen-bond acceptors (Lipinski definition) is 7. The number of nitrogens with two attached hydrogens (primary N) is 1. The summed E-state index contributed by atoms with van der Waals surface area (Å²) in [5.41, 5.74) is 6.77. The molecule has 38 heavy (non-hydrogen) atoms. The summed E-state index contributed by atoms with van der Waals surface area (Å²) in [7, 11) is 0. The van der Waals surface area contributed by atoms with Crippen LogP contribution in [-0.2, 0) is 4.79 Å². The molecule has 1 aromatic heterocycles. The van der Waals surface area contributed by atoms with Crippen LogP contribution in [0.1, 0.15) is 30.9 Å². The van der Waals surface area contributed by atoms with Crippen LogP contribution in [0.2, 0.25) is 0 Å². The quantitative estimate of drug-likeness (QED) is 0.431. The molecule has 2 aliphatic rings. The smallest absolute Gasteiger partial charge is 0.429 e. The van der Waals surface area contributed by atoms with Crippen molar-refractivity contribution in [3.05, 3.63) is 66.2 Å². The van der Waals surface area contributed by atoms with Crippen molar-refractivity contribution in [2.45, 2.75) is 37.6 Å². The highest BCUT2D eigenvalue weighted by Crippen LogP contribution is 2.43. The Morgan fingerprint density at radius 3 is 2.45 bits per heavy atom. The number of nitrogens with one attached hydrogen (secondary N) is 1. The van der Waals surface area contributed by atoms with E-state index < -0.39 is 24.3 Å². The van der Waals surface area contributed by atoms with E-state index in [2.05, 4.69) is 15.3 Å². The monoisotopic (exact) mass is 527 g/mol. The second-order valence-corrected chi connectivity index (χ2v) is 9.88. The Bertz CT molecular complexity index is 1300. The largest absolute Gasteiger partial charge is 0.480 e. The van der Waals surface area contributed by atoms with Crippen LogP contribution in [0.5, 0.6) is 5.88 Å². The van der Waals surface area contributed by atoms with Crippen LogP contribution in [-0.4, -0.2) is 52.9 Å². The molecular weight excluding hydrogens is 499 g/mol. The maximum atomic E-state index is 14.3. The minimum atomic E-state index is -4.72. The number of halogens is 3. The highest BCUT2D eigenvalue weighted by Gasteiger charge is 2.45. The van der Waals surface area contributed by atoms with E-state index in [0.717, 1.165) is 12.8 Å². The Morgan fingerprint density at radius 2 is 1.79 bits per heavy atom. The van der Waals surface area contributed by atoms with Gasteiger partial charge in [-0.2, -0.15) is 23.1 Å². The van der Waals surface area contributed by atoms with Gasteiger partial charge in [-0.15, -0.1) is 0 Å². The van der Waals surface area contributed by atoms with Crippen LogP contribution in [0.3, 0.4) is 0 Å². The average molecular weight is 528 g/mol. The summed E-state index contributed by atoms with van der Waals surface area (Å²) < 4.78 is 48.5. The predicted molar refractivity (Wildman–Crippen MR) is 136 cm³/mol. The van der Waals surface area contributed by atoms with Gasteiger partial charge in [-0.3, -0.25) is 4.79 Å². The van der Waals surface area contributed by atoms with E-state index in [1.807, 2.05) is 4.90 Å². The summed E-state index contributed by atoms with van der Waals surface area (Å²) in [4.78, 5) is 21.5. The van der Waals surface area contributed by atoms with E-state index in [1.165, 1.54) is 12.1 Å². The third kappa shape index (κ3) is 5.38. The minimum Gasteiger partial charge on any atom is -0.480 e. The average Bonchev–Trinajstić information content (AvgIpc) is 3.31. The summed E-state index contributed by atoms with van der Waals surface area (Å²) in [6, 6.07) is 15.9. The van der Waals surface area contributed by atoms with Gasteiger partial charge in [-0.05, 0) is 35.8 Å². The lowest BCUT2D eigenvalue weighted by Gasteiger charge is -2.39. The van der Waals surface area contributed by atoms with Crippen LogP contribution in [0.25, 0.3) is 11.1 Å². The Morgan fingerprint density at radius 1 is 1.11 bits per heavy atom. The van der Waals surface area contributed by atoms with Gasteiger partial charge in [0.15, 0.2) is 0 Å². The fraction of sp³-hybridized carbons (Fsp3) is 0.370. The Kier molecular flexibility index (Phi) is 6.87. The van der Waals surface area contributed by atoms with Crippen LogP contribution in [0, 0.1) is 5.41 Å². The lowest BCUT2D eigenvalue weighted by Crippen LogP contribution is -2.41. The first-order valence-electron chi connectivity index (χ1n) is 12.4. The molecule has 4 N–H and O–H groups in total. The van der Waals surface area contributed by atoms with Gasteiger partial charge in [0.1, 0.15) is 11.9 Å². The van der Waals surface area contributed by atoms with Gasteiger partial charge in [0.25, 0.3) is 0 Å². The maximum absolute atomic E-state index is 14.3. The molecule has 0 saturated carbocycles. The topological polar surface area (TPSA) is 114 Å². The number of ether oxygens (including phenoxy) is 1. The third-order valence-corrected chi connectivity index (χ3v) is 7.38. The van der Waals surface area contributed by atoms with Crippen LogP contribution in [0.4, 0.5) is 24.9 Å². The van der Waals surface area contributed by atoms with Gasteiger partial charge in [0, 0.05) is 31.3 Å². The molecule has 0 amide bonds. The van der Waals surface area contributed by atoms with Crippen molar-refractivity contribution in [2.24, 2.45) is 5.41 Å². The number of hydrogen-bond donors (Lipinski definition) is 3. The first-order chi connectivity index (χ1) is 18.1. The number of carbonyl (C=O) groups is 1. The van der Waals surface area contributed by atoms with Gasteiger partial charge in [-0.25, -0.2) is 0 Å². The number of rotatable bonds is 6. The molecule has 200 valence electrons. The van der Waals surface area contributed by atoms with Gasteiger partial charge < -0.3 is 25.8 Å². The summed E-state index contributed by atoms with van der Waals surface area (Å²) in [5.74, 6) is -0.946. The van der Waals surface area contributed by atoms with Crippen LogP contribution < -0.4 is 20.7 Å². The molecule has 2 atom stereocenters. The second-order valence-electron chi connectivity index (χ2n) is 9.88. The zero-order valence-electron chi connectivity index (χ0n) is 20.5. The van der Waals surface area contributed by atoms with E-state index in [-0.39, 0.29) is 22.8 Å².